The van der Waals surface area contributed by atoms with E-state index in [9.17, 15) is 30.0 Å². The van der Waals surface area contributed by atoms with Gasteiger partial charge in [-0.1, -0.05) is 203 Å². The van der Waals surface area contributed by atoms with Crippen LogP contribution in [0.4, 0.5) is 0 Å². The van der Waals surface area contributed by atoms with Crippen LogP contribution in [0.15, 0.2) is 60.7 Å². The standard InChI is InChI=1S/2C25H42O4.Ba/c2*1-2-3-4-5-6-7-8-9-10-11-15-20-25(28,21-16-19-24(26)27)29-22-23-17-13-12-14-18-23;/h2*12-14,17-18,28H,2-11,15-16,19-22H2,1H3,(H,26,27);/q;;+2/p-2. The minimum atomic E-state index is -1.26. The van der Waals surface area contributed by atoms with Gasteiger partial charge in [0, 0.05) is 37.6 Å². The molecule has 0 fully saturated rings. The van der Waals surface area contributed by atoms with Gasteiger partial charge in [-0.25, -0.2) is 0 Å². The molecule has 0 radical (unpaired) electrons. The molecule has 0 aliphatic carbocycles. The maximum atomic E-state index is 10.9. The summed E-state index contributed by atoms with van der Waals surface area (Å²) in [4.78, 5) is 21.4. The van der Waals surface area contributed by atoms with Gasteiger partial charge in [-0.3, -0.25) is 0 Å². The maximum Gasteiger partial charge on any atom is 2.00 e. The average molecular weight is 949 g/mol. The van der Waals surface area contributed by atoms with Crippen molar-refractivity contribution in [2.24, 2.45) is 0 Å². The summed E-state index contributed by atoms with van der Waals surface area (Å²) in [6.45, 7) is 5.16. The van der Waals surface area contributed by atoms with Crippen LogP contribution in [0.1, 0.15) is 218 Å². The molecule has 0 heterocycles. The molecule has 332 valence electrons. The van der Waals surface area contributed by atoms with E-state index in [-0.39, 0.29) is 61.7 Å². The van der Waals surface area contributed by atoms with E-state index in [1.807, 2.05) is 60.7 Å². The smallest absolute Gasteiger partial charge is 0.550 e. The number of ether oxygens (including phenoxy) is 2. The number of carbonyl (C=O) groups is 2. The maximum absolute atomic E-state index is 10.9. The van der Waals surface area contributed by atoms with Gasteiger partial charge >= 0.3 is 48.9 Å². The first-order valence-corrected chi connectivity index (χ1v) is 23.3. The summed E-state index contributed by atoms with van der Waals surface area (Å²) in [5, 5.41) is 43.2. The van der Waals surface area contributed by atoms with Gasteiger partial charge in [-0.2, -0.15) is 0 Å². The summed E-state index contributed by atoms with van der Waals surface area (Å²) < 4.78 is 11.7. The van der Waals surface area contributed by atoms with Gasteiger partial charge in [-0.15, -0.1) is 0 Å². The molecule has 2 rings (SSSR count). The number of hydrogen-bond donors (Lipinski definition) is 2. The van der Waals surface area contributed by atoms with Crippen molar-refractivity contribution in [2.75, 3.05) is 0 Å². The number of benzene rings is 2. The van der Waals surface area contributed by atoms with Crippen LogP contribution in [0.5, 0.6) is 0 Å². The largest absolute Gasteiger partial charge is 2.00 e. The van der Waals surface area contributed by atoms with E-state index >= 15 is 0 Å². The molecule has 2 atom stereocenters. The fraction of sp³-hybridized carbons (Fsp3) is 0.720. The monoisotopic (exact) mass is 949 g/mol. The van der Waals surface area contributed by atoms with Crippen molar-refractivity contribution >= 4 is 60.8 Å². The average Bonchev–Trinajstić information content (AvgIpc) is 3.21. The Morgan fingerprint density at radius 1 is 0.441 bits per heavy atom. The van der Waals surface area contributed by atoms with Crippen LogP contribution < -0.4 is 10.2 Å². The molecule has 59 heavy (non-hydrogen) atoms. The van der Waals surface area contributed by atoms with Gasteiger partial charge in [0.05, 0.1) is 13.2 Å². The minimum absolute atomic E-state index is 0. The van der Waals surface area contributed by atoms with Gasteiger partial charge in [0.2, 0.25) is 0 Å². The molecule has 0 bridgehead atoms. The minimum Gasteiger partial charge on any atom is -0.550 e. The zero-order valence-electron chi connectivity index (χ0n) is 37.5. The number of aliphatic carboxylic acids is 2. The van der Waals surface area contributed by atoms with Crippen LogP contribution in [0.2, 0.25) is 0 Å². The van der Waals surface area contributed by atoms with E-state index in [0.29, 0.717) is 51.7 Å². The molecule has 2 unspecified atom stereocenters. The third-order valence-corrected chi connectivity index (χ3v) is 10.9. The molecule has 2 N–H and O–H groups in total. The molecule has 2 aromatic carbocycles. The summed E-state index contributed by atoms with van der Waals surface area (Å²) in [6.07, 6.45) is 30.0. The molecule has 0 aliphatic rings. The van der Waals surface area contributed by atoms with Crippen LogP contribution in [0.25, 0.3) is 0 Å². The summed E-state index contributed by atoms with van der Waals surface area (Å²) in [7, 11) is 0. The Morgan fingerprint density at radius 2 is 0.695 bits per heavy atom. The second-order valence-electron chi connectivity index (χ2n) is 16.5. The summed E-state index contributed by atoms with van der Waals surface area (Å²) in [6, 6.07) is 19.5. The third kappa shape index (κ3) is 36.0. The summed E-state index contributed by atoms with van der Waals surface area (Å²) >= 11 is 0. The molecule has 0 spiro atoms. The summed E-state index contributed by atoms with van der Waals surface area (Å²) in [5.41, 5.74) is 2.01. The summed E-state index contributed by atoms with van der Waals surface area (Å²) in [5.74, 6) is -4.68. The van der Waals surface area contributed by atoms with Crippen molar-refractivity contribution in [3.8, 4) is 0 Å². The Labute approximate surface area is 400 Å². The fourth-order valence-electron chi connectivity index (χ4n) is 7.27. The van der Waals surface area contributed by atoms with Crippen LogP contribution in [-0.2, 0) is 32.3 Å². The predicted molar refractivity (Wildman–Crippen MR) is 238 cm³/mol. The number of hydrogen-bond acceptors (Lipinski definition) is 8. The third-order valence-electron chi connectivity index (χ3n) is 10.9. The number of rotatable bonds is 38. The molecule has 0 aromatic heterocycles. The van der Waals surface area contributed by atoms with E-state index in [0.717, 1.165) is 36.8 Å². The van der Waals surface area contributed by atoms with E-state index in [2.05, 4.69) is 13.8 Å². The molecule has 0 saturated carbocycles. The van der Waals surface area contributed by atoms with Crippen LogP contribution in [-0.4, -0.2) is 82.6 Å². The molecule has 0 saturated heterocycles. The quantitative estimate of drug-likeness (QED) is 0.0385. The Hall–Kier alpha value is -1.21. The second-order valence-corrected chi connectivity index (χ2v) is 16.5. The van der Waals surface area contributed by atoms with Crippen LogP contribution in [0.3, 0.4) is 0 Å². The first-order valence-electron chi connectivity index (χ1n) is 23.3. The zero-order valence-corrected chi connectivity index (χ0v) is 41.9. The number of carboxylic acid groups (broad SMARTS) is 2. The van der Waals surface area contributed by atoms with E-state index < -0.39 is 23.5 Å². The van der Waals surface area contributed by atoms with Gasteiger partial charge < -0.3 is 39.5 Å². The molecule has 0 amide bonds. The normalized spacial score (nSPS) is 13.1. The second kappa shape index (κ2) is 39.6. The zero-order chi connectivity index (χ0) is 42.4. The Morgan fingerprint density at radius 3 is 0.966 bits per heavy atom. The number of aliphatic hydroxyl groups is 2. The molecule has 9 heteroatoms. The van der Waals surface area contributed by atoms with Crippen LogP contribution in [0, 0.1) is 0 Å². The number of unbranched alkanes of at least 4 members (excludes halogenated alkanes) is 20. The first kappa shape index (κ1) is 57.8. The van der Waals surface area contributed by atoms with E-state index in [1.54, 1.807) is 0 Å². The van der Waals surface area contributed by atoms with Crippen molar-refractivity contribution in [2.45, 2.75) is 231 Å². The van der Waals surface area contributed by atoms with Crippen molar-refractivity contribution < 1.29 is 39.5 Å². The van der Waals surface area contributed by atoms with Crippen LogP contribution >= 0.6 is 0 Å². The fourth-order valence-corrected chi connectivity index (χ4v) is 7.27. The van der Waals surface area contributed by atoms with Gasteiger partial charge in [0.15, 0.2) is 11.6 Å². The molecular weight excluding hydrogens is 866 g/mol. The Bertz CT molecular complexity index is 1140. The first-order chi connectivity index (χ1) is 28.1. The molecular formula is C50H82BaO8. The number of carboxylic acids is 2. The van der Waals surface area contributed by atoms with Gasteiger partial charge in [-0.05, 0) is 49.7 Å². The number of carbonyl (C=O) groups excluding carboxylic acids is 2. The van der Waals surface area contributed by atoms with Crippen molar-refractivity contribution in [3.63, 3.8) is 0 Å². The topological polar surface area (TPSA) is 139 Å². The van der Waals surface area contributed by atoms with Gasteiger partial charge in [0.1, 0.15) is 0 Å². The predicted octanol–water partition coefficient (Wildman–Crippen LogP) is 10.6. The van der Waals surface area contributed by atoms with E-state index in [4.69, 9.17) is 9.47 Å². The van der Waals surface area contributed by atoms with E-state index in [1.165, 1.54) is 116 Å². The molecule has 8 nitrogen and oxygen atoms in total. The molecule has 0 aliphatic heterocycles. The molecule has 2 aromatic rings. The van der Waals surface area contributed by atoms with Crippen molar-refractivity contribution in [1.29, 1.82) is 0 Å². The SMILES string of the molecule is CCCCCCCCCCCCCC(O)(CCCC(=O)[O-])OCc1ccccc1.CCCCCCCCCCCCCC(O)(CCCC(=O)[O-])OCc1ccccc1.[Ba+2]. The van der Waals surface area contributed by atoms with Crippen molar-refractivity contribution in [1.82, 2.24) is 0 Å². The van der Waals surface area contributed by atoms with Gasteiger partial charge in [0.25, 0.3) is 0 Å². The Balaban J connectivity index is 0.00000112. The Kier molecular flexibility index (Phi) is 38.8. The van der Waals surface area contributed by atoms with Crippen molar-refractivity contribution in [3.05, 3.63) is 71.8 Å².